The highest BCUT2D eigenvalue weighted by atomic mass is 35.5. The summed E-state index contributed by atoms with van der Waals surface area (Å²) < 4.78 is 0. The predicted octanol–water partition coefficient (Wildman–Crippen LogP) is 4.15. The van der Waals surface area contributed by atoms with Gasteiger partial charge in [0.2, 0.25) is 0 Å². The van der Waals surface area contributed by atoms with Crippen molar-refractivity contribution in [3.05, 3.63) is 44.9 Å². The number of benzene rings is 1. The number of nitrogens with one attached hydrogen (secondary N) is 1. The second-order valence-electron chi connectivity index (χ2n) is 3.95. The van der Waals surface area contributed by atoms with E-state index in [1.807, 2.05) is 32.2 Å². The van der Waals surface area contributed by atoms with Gasteiger partial charge in [0.15, 0.2) is 0 Å². The predicted molar refractivity (Wildman–Crippen MR) is 75.1 cm³/mol. The highest BCUT2D eigenvalue weighted by molar-refractivity contribution is 7.11. The zero-order valence-corrected chi connectivity index (χ0v) is 11.6. The molecule has 1 atom stereocenters. The van der Waals surface area contributed by atoms with Gasteiger partial charge in [0.1, 0.15) is 11.1 Å². The van der Waals surface area contributed by atoms with Crippen LogP contribution in [0, 0.1) is 18.3 Å². The molecule has 1 aromatic heterocycles. The second kappa shape index (κ2) is 5.38. The monoisotopic (exact) mass is 277 g/mol. The quantitative estimate of drug-likeness (QED) is 0.917. The summed E-state index contributed by atoms with van der Waals surface area (Å²) >= 11 is 7.63. The van der Waals surface area contributed by atoms with Crippen LogP contribution >= 0.6 is 22.9 Å². The SMILES string of the molecule is Cc1cnc(C(C)Nc2cccc(Cl)c2C#N)s1. The Morgan fingerprint density at radius 3 is 2.89 bits per heavy atom. The van der Waals surface area contributed by atoms with Gasteiger partial charge in [-0.1, -0.05) is 17.7 Å². The van der Waals surface area contributed by atoms with Crippen LogP contribution in [0.4, 0.5) is 5.69 Å². The fraction of sp³-hybridized carbons (Fsp3) is 0.231. The van der Waals surface area contributed by atoms with Gasteiger partial charge in [0, 0.05) is 11.1 Å². The number of hydrogen-bond acceptors (Lipinski definition) is 4. The molecule has 5 heteroatoms. The highest BCUT2D eigenvalue weighted by Crippen LogP contribution is 2.28. The Hall–Kier alpha value is -1.57. The third-order valence-corrected chi connectivity index (χ3v) is 3.92. The Kier molecular flexibility index (Phi) is 3.85. The van der Waals surface area contributed by atoms with Crippen LogP contribution in [0.2, 0.25) is 5.02 Å². The maximum absolute atomic E-state index is 9.10. The summed E-state index contributed by atoms with van der Waals surface area (Å²) in [7, 11) is 0. The number of nitriles is 1. The molecule has 18 heavy (non-hydrogen) atoms. The van der Waals surface area contributed by atoms with Crippen molar-refractivity contribution in [3.63, 3.8) is 0 Å². The van der Waals surface area contributed by atoms with Gasteiger partial charge in [-0.05, 0) is 26.0 Å². The van der Waals surface area contributed by atoms with Gasteiger partial charge in [-0.25, -0.2) is 4.98 Å². The van der Waals surface area contributed by atoms with E-state index in [4.69, 9.17) is 16.9 Å². The van der Waals surface area contributed by atoms with Crippen LogP contribution in [-0.4, -0.2) is 4.98 Å². The van der Waals surface area contributed by atoms with E-state index in [1.165, 1.54) is 4.88 Å². The summed E-state index contributed by atoms with van der Waals surface area (Å²) in [6, 6.07) is 7.55. The molecule has 2 aromatic rings. The lowest BCUT2D eigenvalue weighted by atomic mass is 10.2. The van der Waals surface area contributed by atoms with Crippen molar-refractivity contribution >= 4 is 28.6 Å². The van der Waals surface area contributed by atoms with Gasteiger partial charge in [0.25, 0.3) is 0 Å². The van der Waals surface area contributed by atoms with Crippen molar-refractivity contribution in [3.8, 4) is 6.07 Å². The number of anilines is 1. The number of nitrogens with zero attached hydrogens (tertiary/aromatic N) is 2. The van der Waals surface area contributed by atoms with E-state index in [0.29, 0.717) is 10.6 Å². The van der Waals surface area contributed by atoms with E-state index in [9.17, 15) is 0 Å². The molecule has 1 heterocycles. The summed E-state index contributed by atoms with van der Waals surface area (Å²) in [5.41, 5.74) is 1.21. The van der Waals surface area contributed by atoms with Gasteiger partial charge < -0.3 is 5.32 Å². The molecule has 0 aliphatic rings. The molecule has 1 unspecified atom stereocenters. The van der Waals surface area contributed by atoms with E-state index in [2.05, 4.69) is 16.4 Å². The lowest BCUT2D eigenvalue weighted by molar-refractivity contribution is 0.869. The van der Waals surface area contributed by atoms with Crippen LogP contribution in [0.1, 0.15) is 28.4 Å². The molecule has 0 amide bonds. The second-order valence-corrected chi connectivity index (χ2v) is 5.62. The third-order valence-electron chi connectivity index (χ3n) is 2.51. The van der Waals surface area contributed by atoms with E-state index in [1.54, 1.807) is 17.4 Å². The molecule has 2 rings (SSSR count). The van der Waals surface area contributed by atoms with Crippen molar-refractivity contribution in [2.75, 3.05) is 5.32 Å². The molecule has 0 spiro atoms. The van der Waals surface area contributed by atoms with Gasteiger partial charge >= 0.3 is 0 Å². The van der Waals surface area contributed by atoms with Crippen LogP contribution in [0.3, 0.4) is 0 Å². The summed E-state index contributed by atoms with van der Waals surface area (Å²) in [5, 5.41) is 13.8. The maximum atomic E-state index is 9.10. The number of thiazole rings is 1. The number of aryl methyl sites for hydroxylation is 1. The molecule has 0 aliphatic carbocycles. The van der Waals surface area contributed by atoms with Gasteiger partial charge in [-0.3, -0.25) is 0 Å². The smallest absolute Gasteiger partial charge is 0.115 e. The number of rotatable bonds is 3. The molecule has 0 saturated carbocycles. The first kappa shape index (κ1) is 12.9. The minimum absolute atomic E-state index is 0.0502. The standard InChI is InChI=1S/C13H12ClN3S/c1-8-7-16-13(18-8)9(2)17-12-5-3-4-11(14)10(12)6-15/h3-5,7,9,17H,1-2H3. The van der Waals surface area contributed by atoms with Crippen LogP contribution in [-0.2, 0) is 0 Å². The zero-order valence-electron chi connectivity index (χ0n) is 10.1. The van der Waals surface area contributed by atoms with Crippen LogP contribution in [0.25, 0.3) is 0 Å². The molecule has 3 nitrogen and oxygen atoms in total. The van der Waals surface area contributed by atoms with Gasteiger partial charge in [-0.2, -0.15) is 5.26 Å². The first-order chi connectivity index (χ1) is 8.61. The summed E-state index contributed by atoms with van der Waals surface area (Å²) in [6.07, 6.45) is 1.85. The Labute approximate surface area is 115 Å². The Morgan fingerprint density at radius 2 is 2.28 bits per heavy atom. The summed E-state index contributed by atoms with van der Waals surface area (Å²) in [4.78, 5) is 5.50. The first-order valence-corrected chi connectivity index (χ1v) is 6.68. The van der Waals surface area contributed by atoms with Gasteiger partial charge in [0.05, 0.1) is 22.3 Å². The van der Waals surface area contributed by atoms with E-state index in [0.717, 1.165) is 10.7 Å². The van der Waals surface area contributed by atoms with Gasteiger partial charge in [-0.15, -0.1) is 11.3 Å². The molecule has 0 bridgehead atoms. The molecular weight excluding hydrogens is 266 g/mol. The number of aromatic nitrogens is 1. The van der Waals surface area contributed by atoms with Crippen molar-refractivity contribution in [2.45, 2.75) is 19.9 Å². The maximum Gasteiger partial charge on any atom is 0.115 e. The van der Waals surface area contributed by atoms with Crippen LogP contribution in [0.15, 0.2) is 24.4 Å². The largest absolute Gasteiger partial charge is 0.375 e. The van der Waals surface area contributed by atoms with Crippen LogP contribution < -0.4 is 5.32 Å². The molecule has 1 N–H and O–H groups in total. The average molecular weight is 278 g/mol. The zero-order chi connectivity index (χ0) is 13.1. The molecular formula is C13H12ClN3S. The summed E-state index contributed by atoms with van der Waals surface area (Å²) in [5.74, 6) is 0. The average Bonchev–Trinajstić information content (AvgIpc) is 2.76. The molecule has 0 radical (unpaired) electrons. The van der Waals surface area contributed by atoms with E-state index >= 15 is 0 Å². The van der Waals surface area contributed by atoms with Crippen molar-refractivity contribution < 1.29 is 0 Å². The summed E-state index contributed by atoms with van der Waals surface area (Å²) in [6.45, 7) is 4.04. The fourth-order valence-corrected chi connectivity index (χ4v) is 2.62. The lowest BCUT2D eigenvalue weighted by Gasteiger charge is -2.14. The topological polar surface area (TPSA) is 48.7 Å². The minimum Gasteiger partial charge on any atom is -0.375 e. The lowest BCUT2D eigenvalue weighted by Crippen LogP contribution is -2.07. The molecule has 0 saturated heterocycles. The van der Waals surface area contributed by atoms with E-state index in [-0.39, 0.29) is 6.04 Å². The normalized spacial score (nSPS) is 11.9. The number of hydrogen-bond donors (Lipinski definition) is 1. The molecule has 1 aromatic carbocycles. The fourth-order valence-electron chi connectivity index (χ4n) is 1.63. The Morgan fingerprint density at radius 1 is 1.50 bits per heavy atom. The molecule has 0 fully saturated rings. The van der Waals surface area contributed by atoms with Crippen molar-refractivity contribution in [1.29, 1.82) is 5.26 Å². The number of halogens is 1. The first-order valence-electron chi connectivity index (χ1n) is 5.49. The van der Waals surface area contributed by atoms with Crippen molar-refractivity contribution in [2.24, 2.45) is 0 Å². The van der Waals surface area contributed by atoms with Crippen LogP contribution in [0.5, 0.6) is 0 Å². The Balaban J connectivity index is 2.25. The molecule has 92 valence electrons. The third kappa shape index (κ3) is 2.63. The Bertz CT molecular complexity index is 601. The minimum atomic E-state index is 0.0502. The van der Waals surface area contributed by atoms with Crippen molar-refractivity contribution in [1.82, 2.24) is 4.98 Å². The molecule has 0 aliphatic heterocycles. The highest BCUT2D eigenvalue weighted by Gasteiger charge is 2.12. The van der Waals surface area contributed by atoms with E-state index < -0.39 is 0 Å².